The lowest BCUT2D eigenvalue weighted by atomic mass is 9.91. The minimum absolute atomic E-state index is 0.195. The van der Waals surface area contributed by atoms with Gasteiger partial charge in [-0.05, 0) is 23.3 Å². The molecule has 1 heterocycles. The molecule has 0 saturated carbocycles. The van der Waals surface area contributed by atoms with Gasteiger partial charge in [0.25, 0.3) is 0 Å². The third-order valence-corrected chi connectivity index (χ3v) is 3.32. The van der Waals surface area contributed by atoms with Gasteiger partial charge in [-0.3, -0.25) is 9.51 Å². The molecule has 0 saturated heterocycles. The highest BCUT2D eigenvalue weighted by atomic mass is 35.5. The third kappa shape index (κ3) is 2.51. The van der Waals surface area contributed by atoms with Crippen molar-refractivity contribution in [3.8, 4) is 0 Å². The Bertz CT molecular complexity index is 747. The van der Waals surface area contributed by atoms with Crippen molar-refractivity contribution < 1.29 is 4.52 Å². The van der Waals surface area contributed by atoms with Gasteiger partial charge in [0.1, 0.15) is 0 Å². The second-order valence-electron chi connectivity index (χ2n) is 4.38. The van der Waals surface area contributed by atoms with E-state index < -0.39 is 5.76 Å². The third-order valence-electron chi connectivity index (χ3n) is 3.07. The van der Waals surface area contributed by atoms with Crippen molar-refractivity contribution in [2.45, 2.75) is 5.92 Å². The Morgan fingerprint density at radius 3 is 2.25 bits per heavy atom. The molecule has 0 radical (unpaired) electrons. The van der Waals surface area contributed by atoms with Gasteiger partial charge < -0.3 is 0 Å². The largest absolute Gasteiger partial charge is 0.438 e. The highest BCUT2D eigenvalue weighted by molar-refractivity contribution is 6.30. The summed E-state index contributed by atoms with van der Waals surface area (Å²) in [5.74, 6) is -0.279. The SMILES string of the molecule is O=c1[nH]c(C(c2ccccc2)c2ccc(Cl)cc2)no1. The van der Waals surface area contributed by atoms with Gasteiger partial charge in [0, 0.05) is 5.02 Å². The van der Waals surface area contributed by atoms with Gasteiger partial charge in [-0.2, -0.15) is 0 Å². The topological polar surface area (TPSA) is 58.9 Å². The molecule has 2 aromatic carbocycles. The minimum Gasteiger partial charge on any atom is -0.296 e. The first-order valence-electron chi connectivity index (χ1n) is 6.10. The summed E-state index contributed by atoms with van der Waals surface area (Å²) in [5, 5.41) is 4.48. The van der Waals surface area contributed by atoms with Crippen LogP contribution in [0.3, 0.4) is 0 Å². The molecular weight excluding hydrogens is 276 g/mol. The fourth-order valence-corrected chi connectivity index (χ4v) is 2.30. The first-order valence-corrected chi connectivity index (χ1v) is 6.48. The number of H-pyrrole nitrogens is 1. The number of hydrogen-bond donors (Lipinski definition) is 1. The fourth-order valence-electron chi connectivity index (χ4n) is 2.17. The maximum absolute atomic E-state index is 11.2. The Balaban J connectivity index is 2.13. The van der Waals surface area contributed by atoms with Crippen LogP contribution < -0.4 is 5.76 Å². The van der Waals surface area contributed by atoms with Gasteiger partial charge >= 0.3 is 5.76 Å². The zero-order chi connectivity index (χ0) is 13.9. The average Bonchev–Trinajstić information content (AvgIpc) is 2.89. The molecule has 1 unspecified atom stereocenters. The Morgan fingerprint density at radius 2 is 1.65 bits per heavy atom. The second-order valence-corrected chi connectivity index (χ2v) is 4.81. The molecule has 0 aliphatic heterocycles. The molecule has 0 amide bonds. The van der Waals surface area contributed by atoms with E-state index in [0.717, 1.165) is 11.1 Å². The summed E-state index contributed by atoms with van der Waals surface area (Å²) in [7, 11) is 0. The standard InChI is InChI=1S/C15H11ClN2O2/c16-12-8-6-11(7-9-12)13(10-4-2-1-3-5-10)14-17-15(19)20-18-14/h1-9,13H,(H,17,18,19). The molecule has 1 atom stereocenters. The number of nitrogens with one attached hydrogen (secondary N) is 1. The highest BCUT2D eigenvalue weighted by Gasteiger charge is 2.20. The summed E-state index contributed by atoms with van der Waals surface area (Å²) in [6.45, 7) is 0. The van der Waals surface area contributed by atoms with E-state index in [0.29, 0.717) is 10.8 Å². The number of rotatable bonds is 3. The minimum atomic E-state index is -0.560. The summed E-state index contributed by atoms with van der Waals surface area (Å²) in [6, 6.07) is 17.2. The molecule has 1 N–H and O–H groups in total. The van der Waals surface area contributed by atoms with Crippen molar-refractivity contribution in [1.29, 1.82) is 0 Å². The van der Waals surface area contributed by atoms with E-state index in [1.54, 1.807) is 0 Å². The van der Waals surface area contributed by atoms with E-state index in [1.807, 2.05) is 54.6 Å². The summed E-state index contributed by atoms with van der Waals surface area (Å²) in [5.41, 5.74) is 1.99. The predicted octanol–water partition coefficient (Wildman–Crippen LogP) is 3.20. The monoisotopic (exact) mass is 286 g/mol. The molecule has 3 rings (SSSR count). The number of nitrogens with zero attached hydrogens (tertiary/aromatic N) is 1. The number of halogens is 1. The van der Waals surface area contributed by atoms with Crippen LogP contribution in [0, 0.1) is 0 Å². The number of benzene rings is 2. The van der Waals surface area contributed by atoms with E-state index >= 15 is 0 Å². The van der Waals surface area contributed by atoms with Crippen LogP contribution in [0.2, 0.25) is 5.02 Å². The molecule has 0 bridgehead atoms. The van der Waals surface area contributed by atoms with Crippen LogP contribution >= 0.6 is 11.6 Å². The molecule has 5 heteroatoms. The van der Waals surface area contributed by atoms with E-state index in [9.17, 15) is 4.79 Å². The second kappa shape index (κ2) is 5.35. The molecule has 0 spiro atoms. The predicted molar refractivity (Wildman–Crippen MR) is 76.0 cm³/mol. The quantitative estimate of drug-likeness (QED) is 0.804. The van der Waals surface area contributed by atoms with Crippen LogP contribution in [0.1, 0.15) is 22.9 Å². The van der Waals surface area contributed by atoms with Crippen molar-refractivity contribution in [1.82, 2.24) is 10.1 Å². The average molecular weight is 287 g/mol. The number of aromatic amines is 1. The lowest BCUT2D eigenvalue weighted by Gasteiger charge is -2.14. The fraction of sp³-hybridized carbons (Fsp3) is 0.0667. The summed E-state index contributed by atoms with van der Waals surface area (Å²) in [4.78, 5) is 13.8. The van der Waals surface area contributed by atoms with Crippen LogP contribution in [0.5, 0.6) is 0 Å². The molecule has 0 aliphatic rings. The number of hydrogen-bond acceptors (Lipinski definition) is 3. The molecule has 20 heavy (non-hydrogen) atoms. The first-order chi connectivity index (χ1) is 9.74. The van der Waals surface area contributed by atoms with Gasteiger partial charge in [-0.25, -0.2) is 4.79 Å². The van der Waals surface area contributed by atoms with Gasteiger partial charge in [-0.1, -0.05) is 59.2 Å². The Hall–Kier alpha value is -2.33. The molecule has 1 aromatic heterocycles. The van der Waals surface area contributed by atoms with Gasteiger partial charge in [0.2, 0.25) is 0 Å². The van der Waals surface area contributed by atoms with E-state index in [1.165, 1.54) is 0 Å². The van der Waals surface area contributed by atoms with Crippen LogP contribution in [-0.2, 0) is 0 Å². The van der Waals surface area contributed by atoms with Crippen molar-refractivity contribution in [3.05, 3.63) is 87.1 Å². The van der Waals surface area contributed by atoms with Gasteiger partial charge in [0.15, 0.2) is 5.82 Å². The van der Waals surface area contributed by atoms with Crippen LogP contribution in [0.15, 0.2) is 63.9 Å². The Labute approximate surface area is 120 Å². The van der Waals surface area contributed by atoms with E-state index in [4.69, 9.17) is 11.6 Å². The van der Waals surface area contributed by atoms with Crippen molar-refractivity contribution in [2.75, 3.05) is 0 Å². The van der Waals surface area contributed by atoms with Crippen LogP contribution in [-0.4, -0.2) is 10.1 Å². The molecule has 100 valence electrons. The Kier molecular flexibility index (Phi) is 3.39. The van der Waals surface area contributed by atoms with Crippen molar-refractivity contribution in [2.24, 2.45) is 0 Å². The van der Waals surface area contributed by atoms with E-state index in [-0.39, 0.29) is 5.92 Å². The van der Waals surface area contributed by atoms with Crippen molar-refractivity contribution >= 4 is 11.6 Å². The summed E-state index contributed by atoms with van der Waals surface area (Å²) in [6.07, 6.45) is 0. The van der Waals surface area contributed by atoms with Gasteiger partial charge in [0.05, 0.1) is 5.92 Å². The summed E-state index contributed by atoms with van der Waals surface area (Å²) >= 11 is 5.92. The maximum Gasteiger partial charge on any atom is 0.438 e. The highest BCUT2D eigenvalue weighted by Crippen LogP contribution is 2.29. The zero-order valence-electron chi connectivity index (χ0n) is 10.4. The zero-order valence-corrected chi connectivity index (χ0v) is 11.2. The lowest BCUT2D eigenvalue weighted by molar-refractivity contribution is 0.380. The summed E-state index contributed by atoms with van der Waals surface area (Å²) < 4.78 is 4.62. The molecular formula is C15H11ClN2O2. The molecule has 0 fully saturated rings. The van der Waals surface area contributed by atoms with Crippen LogP contribution in [0.4, 0.5) is 0 Å². The molecule has 4 nitrogen and oxygen atoms in total. The normalized spacial score (nSPS) is 12.2. The smallest absolute Gasteiger partial charge is 0.296 e. The number of aromatic nitrogens is 2. The lowest BCUT2D eigenvalue weighted by Crippen LogP contribution is -2.07. The first kappa shape index (κ1) is 12.7. The van der Waals surface area contributed by atoms with Gasteiger partial charge in [-0.15, -0.1) is 0 Å². The maximum atomic E-state index is 11.2. The van der Waals surface area contributed by atoms with E-state index in [2.05, 4.69) is 14.7 Å². The Morgan fingerprint density at radius 1 is 1.00 bits per heavy atom. The van der Waals surface area contributed by atoms with Crippen LogP contribution in [0.25, 0.3) is 0 Å². The molecule has 0 aliphatic carbocycles. The molecule has 3 aromatic rings. The van der Waals surface area contributed by atoms with Crippen molar-refractivity contribution in [3.63, 3.8) is 0 Å².